The number of rotatable bonds is 4. The Balaban J connectivity index is 1.44. The average molecular weight is 353 g/mol. The number of carbonyl (C=O) groups excluding carboxylic acids is 1. The third-order valence-corrected chi connectivity index (χ3v) is 4.17. The number of carbonyl (C=O) groups is 1. The Morgan fingerprint density at radius 1 is 1.19 bits per heavy atom. The molecule has 1 aromatic heterocycles. The molecule has 0 saturated heterocycles. The molecule has 6 nitrogen and oxygen atoms in total. The Morgan fingerprint density at radius 3 is 2.88 bits per heavy atom. The lowest BCUT2D eigenvalue weighted by Crippen LogP contribution is -2.23. The molecule has 0 bridgehead atoms. The van der Waals surface area contributed by atoms with Gasteiger partial charge in [0, 0.05) is 12.1 Å². The van der Waals surface area contributed by atoms with Crippen molar-refractivity contribution in [3.8, 4) is 22.8 Å². The van der Waals surface area contributed by atoms with Crippen molar-refractivity contribution in [1.82, 2.24) is 15.5 Å². The average Bonchev–Trinajstić information content (AvgIpc) is 3.30. The second-order valence-corrected chi connectivity index (χ2v) is 6.00. The molecular formula is C19H16FN3O3. The molecule has 0 radical (unpaired) electrons. The van der Waals surface area contributed by atoms with Gasteiger partial charge in [-0.3, -0.25) is 9.89 Å². The standard InChI is InChI=1S/C19H16FN3O3/c1-11-6-13(3-4-14(11)20)15-8-16(23-22-15)19(24)21-9-12-2-5-17-18(7-12)26-10-25-17/h2-8H,9-10H2,1H3,(H,21,24)(H,22,23). The molecule has 0 unspecified atom stereocenters. The topological polar surface area (TPSA) is 76.2 Å². The third kappa shape index (κ3) is 3.11. The quantitative estimate of drug-likeness (QED) is 0.755. The molecule has 132 valence electrons. The predicted octanol–water partition coefficient (Wildman–Crippen LogP) is 3.18. The zero-order valence-corrected chi connectivity index (χ0v) is 14.0. The molecule has 1 aliphatic heterocycles. The van der Waals surface area contributed by atoms with Crippen molar-refractivity contribution < 1.29 is 18.7 Å². The number of benzene rings is 2. The maximum atomic E-state index is 13.4. The van der Waals surface area contributed by atoms with Crippen LogP contribution in [0.5, 0.6) is 11.5 Å². The minimum atomic E-state index is -0.278. The van der Waals surface area contributed by atoms with E-state index in [1.807, 2.05) is 18.2 Å². The monoisotopic (exact) mass is 353 g/mol. The van der Waals surface area contributed by atoms with Crippen molar-refractivity contribution in [2.75, 3.05) is 6.79 Å². The molecule has 2 aromatic carbocycles. The van der Waals surface area contributed by atoms with E-state index in [1.165, 1.54) is 6.07 Å². The maximum absolute atomic E-state index is 13.4. The largest absolute Gasteiger partial charge is 0.454 e. The first kappa shape index (κ1) is 16.1. The number of aryl methyl sites for hydroxylation is 1. The van der Waals surface area contributed by atoms with Gasteiger partial charge in [-0.25, -0.2) is 4.39 Å². The Hall–Kier alpha value is -3.35. The van der Waals surface area contributed by atoms with Gasteiger partial charge in [-0.1, -0.05) is 6.07 Å². The van der Waals surface area contributed by atoms with Crippen molar-refractivity contribution in [1.29, 1.82) is 0 Å². The van der Waals surface area contributed by atoms with Crippen LogP contribution in [0.2, 0.25) is 0 Å². The van der Waals surface area contributed by atoms with Crippen LogP contribution < -0.4 is 14.8 Å². The summed E-state index contributed by atoms with van der Waals surface area (Å²) in [6, 6.07) is 11.9. The molecule has 1 amide bonds. The van der Waals surface area contributed by atoms with Crippen LogP contribution in [-0.4, -0.2) is 22.9 Å². The number of halogens is 1. The third-order valence-electron chi connectivity index (χ3n) is 4.17. The van der Waals surface area contributed by atoms with Gasteiger partial charge in [0.1, 0.15) is 11.5 Å². The van der Waals surface area contributed by atoms with E-state index in [-0.39, 0.29) is 18.5 Å². The maximum Gasteiger partial charge on any atom is 0.269 e. The van der Waals surface area contributed by atoms with E-state index in [0.29, 0.717) is 35.0 Å². The molecule has 7 heteroatoms. The number of fused-ring (bicyclic) bond motifs is 1. The van der Waals surface area contributed by atoms with Gasteiger partial charge < -0.3 is 14.8 Å². The van der Waals surface area contributed by atoms with Crippen LogP contribution in [0.25, 0.3) is 11.3 Å². The van der Waals surface area contributed by atoms with Crippen LogP contribution >= 0.6 is 0 Å². The Bertz CT molecular complexity index is 984. The Morgan fingerprint density at radius 2 is 2.04 bits per heavy atom. The zero-order chi connectivity index (χ0) is 18.1. The molecule has 0 aliphatic carbocycles. The van der Waals surface area contributed by atoms with Gasteiger partial charge in [0.15, 0.2) is 11.5 Å². The summed E-state index contributed by atoms with van der Waals surface area (Å²) in [5.74, 6) is 0.825. The van der Waals surface area contributed by atoms with Gasteiger partial charge in [-0.15, -0.1) is 0 Å². The molecule has 0 atom stereocenters. The smallest absolute Gasteiger partial charge is 0.269 e. The van der Waals surface area contributed by atoms with Crippen molar-refractivity contribution in [3.05, 3.63) is 65.1 Å². The first-order chi connectivity index (χ1) is 12.6. The fourth-order valence-corrected chi connectivity index (χ4v) is 2.72. The number of hydrogen-bond donors (Lipinski definition) is 2. The van der Waals surface area contributed by atoms with E-state index >= 15 is 0 Å². The molecule has 0 fully saturated rings. The normalized spacial score (nSPS) is 12.2. The fraction of sp³-hybridized carbons (Fsp3) is 0.158. The number of hydrogen-bond acceptors (Lipinski definition) is 4. The van der Waals surface area contributed by atoms with Crippen LogP contribution in [0.4, 0.5) is 4.39 Å². The lowest BCUT2D eigenvalue weighted by Gasteiger charge is -2.05. The van der Waals surface area contributed by atoms with Crippen LogP contribution in [0, 0.1) is 12.7 Å². The van der Waals surface area contributed by atoms with Gasteiger partial charge in [-0.2, -0.15) is 5.10 Å². The molecule has 1 aliphatic rings. The van der Waals surface area contributed by atoms with Crippen LogP contribution in [0.3, 0.4) is 0 Å². The van der Waals surface area contributed by atoms with Crippen molar-refractivity contribution in [3.63, 3.8) is 0 Å². The summed E-state index contributed by atoms with van der Waals surface area (Å²) >= 11 is 0. The summed E-state index contributed by atoms with van der Waals surface area (Å²) in [4.78, 5) is 12.3. The number of aromatic nitrogens is 2. The summed E-state index contributed by atoms with van der Waals surface area (Å²) < 4.78 is 24.0. The van der Waals surface area contributed by atoms with Gasteiger partial charge in [-0.05, 0) is 54.4 Å². The Labute approximate surface area is 149 Å². The molecule has 2 N–H and O–H groups in total. The molecule has 0 saturated carbocycles. The molecule has 26 heavy (non-hydrogen) atoms. The number of ether oxygens (including phenoxy) is 2. The van der Waals surface area contributed by atoms with E-state index in [4.69, 9.17) is 9.47 Å². The highest BCUT2D eigenvalue weighted by Crippen LogP contribution is 2.32. The minimum absolute atomic E-state index is 0.213. The van der Waals surface area contributed by atoms with Gasteiger partial charge >= 0.3 is 0 Å². The lowest BCUT2D eigenvalue weighted by atomic mass is 10.1. The summed E-state index contributed by atoms with van der Waals surface area (Å²) in [5, 5.41) is 9.68. The molecule has 4 rings (SSSR count). The number of aromatic amines is 1. The number of amides is 1. The van der Waals surface area contributed by atoms with E-state index in [1.54, 1.807) is 25.1 Å². The number of H-pyrrole nitrogens is 1. The van der Waals surface area contributed by atoms with Crippen molar-refractivity contribution in [2.45, 2.75) is 13.5 Å². The molecular weight excluding hydrogens is 337 g/mol. The van der Waals surface area contributed by atoms with Crippen LogP contribution in [0.15, 0.2) is 42.5 Å². The number of nitrogens with zero attached hydrogens (tertiary/aromatic N) is 1. The van der Waals surface area contributed by atoms with Crippen molar-refractivity contribution in [2.24, 2.45) is 0 Å². The summed E-state index contributed by atoms with van der Waals surface area (Å²) in [6.07, 6.45) is 0. The van der Waals surface area contributed by atoms with E-state index in [2.05, 4.69) is 15.5 Å². The minimum Gasteiger partial charge on any atom is -0.454 e. The number of nitrogens with one attached hydrogen (secondary N) is 2. The summed E-state index contributed by atoms with van der Waals surface area (Å²) in [6.45, 7) is 2.24. The Kier molecular flexibility index (Phi) is 4.04. The van der Waals surface area contributed by atoms with Gasteiger partial charge in [0.2, 0.25) is 6.79 Å². The highest BCUT2D eigenvalue weighted by Gasteiger charge is 2.15. The lowest BCUT2D eigenvalue weighted by molar-refractivity contribution is 0.0946. The highest BCUT2D eigenvalue weighted by atomic mass is 19.1. The van der Waals surface area contributed by atoms with Crippen LogP contribution in [0.1, 0.15) is 21.6 Å². The van der Waals surface area contributed by atoms with Crippen molar-refractivity contribution >= 4 is 5.91 Å². The fourth-order valence-electron chi connectivity index (χ4n) is 2.72. The SMILES string of the molecule is Cc1cc(-c2cc(C(=O)NCc3ccc4c(c3)OCO4)[nH]n2)ccc1F. The van der Waals surface area contributed by atoms with Gasteiger partial charge in [0.05, 0.1) is 5.69 Å². The highest BCUT2D eigenvalue weighted by molar-refractivity contribution is 5.93. The van der Waals surface area contributed by atoms with Crippen LogP contribution in [-0.2, 0) is 6.54 Å². The van der Waals surface area contributed by atoms with E-state index in [0.717, 1.165) is 11.1 Å². The molecule has 2 heterocycles. The molecule has 0 spiro atoms. The summed E-state index contributed by atoms with van der Waals surface area (Å²) in [5.41, 5.74) is 3.09. The first-order valence-corrected chi connectivity index (χ1v) is 8.09. The molecule has 3 aromatic rings. The zero-order valence-electron chi connectivity index (χ0n) is 14.0. The second kappa shape index (κ2) is 6.51. The van der Waals surface area contributed by atoms with Gasteiger partial charge in [0.25, 0.3) is 5.91 Å². The second-order valence-electron chi connectivity index (χ2n) is 6.00. The van der Waals surface area contributed by atoms with E-state index in [9.17, 15) is 9.18 Å². The predicted molar refractivity (Wildman–Crippen MR) is 92.5 cm³/mol. The first-order valence-electron chi connectivity index (χ1n) is 8.09. The van der Waals surface area contributed by atoms with E-state index < -0.39 is 0 Å². The summed E-state index contributed by atoms with van der Waals surface area (Å²) in [7, 11) is 0.